The van der Waals surface area contributed by atoms with E-state index < -0.39 is 17.3 Å². The fraction of sp³-hybridized carbons (Fsp3) is 0.429. The summed E-state index contributed by atoms with van der Waals surface area (Å²) in [6.07, 6.45) is 0.722. The second kappa shape index (κ2) is 6.78. The maximum Gasteiger partial charge on any atom is 0.318 e. The Hall–Kier alpha value is -2.04. The predicted octanol–water partition coefficient (Wildman–Crippen LogP) is 1.68. The fourth-order valence-electron chi connectivity index (χ4n) is 1.73. The summed E-state index contributed by atoms with van der Waals surface area (Å²) in [7, 11) is 1.43. The van der Waals surface area contributed by atoms with Crippen LogP contribution in [-0.4, -0.2) is 30.6 Å². The number of hydrogen-bond acceptors (Lipinski definition) is 3. The first-order valence-electron chi connectivity index (χ1n) is 6.14. The predicted molar refractivity (Wildman–Crippen MR) is 71.0 cm³/mol. The summed E-state index contributed by atoms with van der Waals surface area (Å²) in [5, 5.41) is 11.5. The molecule has 19 heavy (non-hydrogen) atoms. The van der Waals surface area contributed by atoms with E-state index in [0.717, 1.165) is 5.75 Å². The number of ether oxygens (including phenoxy) is 1. The third-order valence-electron chi connectivity index (χ3n) is 3.03. The average molecular weight is 265 g/mol. The molecule has 1 atom stereocenters. The van der Waals surface area contributed by atoms with E-state index in [4.69, 9.17) is 9.84 Å². The smallest absolute Gasteiger partial charge is 0.318 e. The van der Waals surface area contributed by atoms with Crippen LogP contribution in [0, 0.1) is 5.41 Å². The molecule has 0 aliphatic rings. The lowest BCUT2D eigenvalue weighted by molar-refractivity contribution is -0.155. The Morgan fingerprint density at radius 3 is 2.47 bits per heavy atom. The Bertz CT molecular complexity index is 432. The van der Waals surface area contributed by atoms with Gasteiger partial charge in [-0.3, -0.25) is 9.59 Å². The van der Waals surface area contributed by atoms with Gasteiger partial charge in [-0.25, -0.2) is 0 Å². The third kappa shape index (κ3) is 3.98. The maximum atomic E-state index is 11.6. The second-order valence-electron chi connectivity index (χ2n) is 4.48. The molecule has 0 radical (unpaired) electrons. The Morgan fingerprint density at radius 2 is 1.95 bits per heavy atom. The lowest BCUT2D eigenvalue weighted by atomic mass is 9.84. The van der Waals surface area contributed by atoms with Gasteiger partial charge in [0.2, 0.25) is 5.91 Å². The molecule has 0 heterocycles. The van der Waals surface area contributed by atoms with Crippen molar-refractivity contribution in [1.29, 1.82) is 0 Å². The number of carbonyl (C=O) groups is 2. The van der Waals surface area contributed by atoms with Crippen LogP contribution in [0.5, 0.6) is 5.75 Å². The molecule has 0 saturated heterocycles. The quantitative estimate of drug-likeness (QED) is 0.581. The number of carbonyl (C=O) groups excluding carboxylic acids is 1. The van der Waals surface area contributed by atoms with Crippen molar-refractivity contribution in [1.82, 2.24) is 5.32 Å². The van der Waals surface area contributed by atoms with E-state index in [-0.39, 0.29) is 6.42 Å². The molecule has 1 aromatic rings. The highest BCUT2D eigenvalue weighted by Crippen LogP contribution is 2.24. The van der Waals surface area contributed by atoms with Crippen LogP contribution in [-0.2, 0) is 9.59 Å². The summed E-state index contributed by atoms with van der Waals surface area (Å²) in [4.78, 5) is 22.8. The van der Waals surface area contributed by atoms with Gasteiger partial charge >= 0.3 is 5.97 Å². The highest BCUT2D eigenvalue weighted by molar-refractivity contribution is 6.01. The maximum absolute atomic E-state index is 11.6. The van der Waals surface area contributed by atoms with Crippen molar-refractivity contribution < 1.29 is 19.4 Å². The molecular formula is C14H19NO4. The number of para-hydroxylation sites is 1. The minimum absolute atomic E-state index is 0.231. The van der Waals surface area contributed by atoms with E-state index in [1.807, 2.05) is 30.3 Å². The monoisotopic (exact) mass is 265 g/mol. The summed E-state index contributed by atoms with van der Waals surface area (Å²) in [6.45, 7) is 1.81. The normalized spacial score (nSPS) is 13.4. The molecule has 1 rings (SSSR count). The molecule has 2 N–H and O–H groups in total. The van der Waals surface area contributed by atoms with Gasteiger partial charge in [0.1, 0.15) is 11.2 Å². The number of aliphatic carboxylic acids is 1. The standard InChI is InChI=1S/C14H19NO4/c1-14(13(17)18,12(16)15-2)9-6-10-19-11-7-4-3-5-8-11/h3-5,7-8H,6,9-10H2,1-2H3,(H,15,16)(H,17,18). The Morgan fingerprint density at radius 1 is 1.32 bits per heavy atom. The van der Waals surface area contributed by atoms with E-state index >= 15 is 0 Å². The van der Waals surface area contributed by atoms with Crippen molar-refractivity contribution in [2.75, 3.05) is 13.7 Å². The van der Waals surface area contributed by atoms with Crippen LogP contribution in [0.15, 0.2) is 30.3 Å². The van der Waals surface area contributed by atoms with Crippen LogP contribution in [0.3, 0.4) is 0 Å². The Balaban J connectivity index is 2.46. The summed E-state index contributed by atoms with van der Waals surface area (Å²) < 4.78 is 5.47. The minimum atomic E-state index is -1.41. The highest BCUT2D eigenvalue weighted by Gasteiger charge is 2.40. The molecule has 0 bridgehead atoms. The molecule has 0 spiro atoms. The van der Waals surface area contributed by atoms with Crippen molar-refractivity contribution in [3.8, 4) is 5.75 Å². The summed E-state index contributed by atoms with van der Waals surface area (Å²) in [6, 6.07) is 9.27. The zero-order chi connectivity index (χ0) is 14.3. The Labute approximate surface area is 112 Å². The van der Waals surface area contributed by atoms with Crippen molar-refractivity contribution in [2.24, 2.45) is 5.41 Å². The molecule has 1 amide bonds. The van der Waals surface area contributed by atoms with Gasteiger partial charge in [0.05, 0.1) is 6.61 Å². The molecular weight excluding hydrogens is 246 g/mol. The van der Waals surface area contributed by atoms with E-state index in [2.05, 4.69) is 5.32 Å². The van der Waals surface area contributed by atoms with Crippen LogP contribution in [0.2, 0.25) is 0 Å². The Kier molecular flexibility index (Phi) is 5.36. The molecule has 104 valence electrons. The van der Waals surface area contributed by atoms with Crippen LogP contribution >= 0.6 is 0 Å². The zero-order valence-corrected chi connectivity index (χ0v) is 11.2. The van der Waals surface area contributed by atoms with E-state index in [0.29, 0.717) is 13.0 Å². The topological polar surface area (TPSA) is 75.6 Å². The van der Waals surface area contributed by atoms with Crippen molar-refractivity contribution in [3.63, 3.8) is 0 Å². The van der Waals surface area contributed by atoms with Gasteiger partial charge in [0, 0.05) is 7.05 Å². The first-order chi connectivity index (χ1) is 9.00. The van der Waals surface area contributed by atoms with Crippen molar-refractivity contribution >= 4 is 11.9 Å². The molecule has 5 nitrogen and oxygen atoms in total. The number of rotatable bonds is 7. The highest BCUT2D eigenvalue weighted by atomic mass is 16.5. The molecule has 0 aliphatic heterocycles. The van der Waals surface area contributed by atoms with E-state index in [1.54, 1.807) is 0 Å². The van der Waals surface area contributed by atoms with Crippen LogP contribution in [0.25, 0.3) is 0 Å². The number of nitrogens with one attached hydrogen (secondary N) is 1. The van der Waals surface area contributed by atoms with Gasteiger partial charge in [0.15, 0.2) is 0 Å². The summed E-state index contributed by atoms with van der Waals surface area (Å²) >= 11 is 0. The van der Waals surface area contributed by atoms with Gasteiger partial charge < -0.3 is 15.2 Å². The van der Waals surface area contributed by atoms with E-state index in [9.17, 15) is 9.59 Å². The van der Waals surface area contributed by atoms with Gasteiger partial charge in [-0.15, -0.1) is 0 Å². The number of benzene rings is 1. The summed E-state index contributed by atoms with van der Waals surface area (Å²) in [5.74, 6) is -0.870. The van der Waals surface area contributed by atoms with Gasteiger partial charge in [0.25, 0.3) is 0 Å². The van der Waals surface area contributed by atoms with E-state index in [1.165, 1.54) is 14.0 Å². The van der Waals surface area contributed by atoms with Gasteiger partial charge in [-0.1, -0.05) is 18.2 Å². The van der Waals surface area contributed by atoms with Crippen LogP contribution in [0.1, 0.15) is 19.8 Å². The lowest BCUT2D eigenvalue weighted by Crippen LogP contribution is -2.43. The van der Waals surface area contributed by atoms with Crippen molar-refractivity contribution in [3.05, 3.63) is 30.3 Å². The van der Waals surface area contributed by atoms with Crippen molar-refractivity contribution in [2.45, 2.75) is 19.8 Å². The molecule has 1 unspecified atom stereocenters. The van der Waals surface area contributed by atoms with Gasteiger partial charge in [-0.2, -0.15) is 0 Å². The fourth-order valence-corrected chi connectivity index (χ4v) is 1.73. The molecule has 0 saturated carbocycles. The second-order valence-corrected chi connectivity index (χ2v) is 4.48. The summed E-state index contributed by atoms with van der Waals surface area (Å²) in [5.41, 5.74) is -1.41. The molecule has 0 aromatic heterocycles. The zero-order valence-electron chi connectivity index (χ0n) is 11.2. The molecule has 0 fully saturated rings. The minimum Gasteiger partial charge on any atom is -0.494 e. The first kappa shape index (κ1) is 15.0. The average Bonchev–Trinajstić information content (AvgIpc) is 2.43. The number of carboxylic acid groups (broad SMARTS) is 1. The number of hydrogen-bond donors (Lipinski definition) is 2. The van der Waals surface area contributed by atoms with Crippen LogP contribution in [0.4, 0.5) is 0 Å². The lowest BCUT2D eigenvalue weighted by Gasteiger charge is -2.22. The van der Waals surface area contributed by atoms with Crippen LogP contribution < -0.4 is 10.1 Å². The SMILES string of the molecule is CNC(=O)C(C)(CCCOc1ccccc1)C(=O)O. The molecule has 5 heteroatoms. The largest absolute Gasteiger partial charge is 0.494 e. The first-order valence-corrected chi connectivity index (χ1v) is 6.14. The molecule has 1 aromatic carbocycles. The third-order valence-corrected chi connectivity index (χ3v) is 3.03. The molecule has 0 aliphatic carbocycles. The number of amides is 1. The van der Waals surface area contributed by atoms with Gasteiger partial charge in [-0.05, 0) is 31.9 Å². The number of carboxylic acids is 1.